The minimum absolute atomic E-state index is 0.0660. The fourth-order valence-corrected chi connectivity index (χ4v) is 3.90. The van der Waals surface area contributed by atoms with Crippen molar-refractivity contribution < 1.29 is 4.79 Å². The summed E-state index contributed by atoms with van der Waals surface area (Å²) in [6, 6.07) is 18.8. The SMILES string of the molecule is CCc1ccc(-c2nn(-c3ccccc3)cc2C(=O)N2CCC(NC)CC2)cc1. The number of rotatable bonds is 5. The van der Waals surface area contributed by atoms with Crippen LogP contribution in [0, 0.1) is 0 Å². The number of para-hydroxylation sites is 1. The van der Waals surface area contributed by atoms with E-state index in [0.29, 0.717) is 11.6 Å². The molecule has 1 aliphatic heterocycles. The molecular weight excluding hydrogens is 360 g/mol. The number of aryl methyl sites for hydroxylation is 1. The highest BCUT2D eigenvalue weighted by Crippen LogP contribution is 2.26. The Kier molecular flexibility index (Phi) is 5.76. The van der Waals surface area contributed by atoms with Gasteiger partial charge in [-0.25, -0.2) is 4.68 Å². The van der Waals surface area contributed by atoms with Crippen molar-refractivity contribution in [1.82, 2.24) is 20.0 Å². The maximum atomic E-state index is 13.4. The highest BCUT2D eigenvalue weighted by atomic mass is 16.2. The maximum absolute atomic E-state index is 13.4. The maximum Gasteiger partial charge on any atom is 0.257 e. The van der Waals surface area contributed by atoms with Gasteiger partial charge in [-0.15, -0.1) is 0 Å². The van der Waals surface area contributed by atoms with Crippen molar-refractivity contribution in [3.05, 3.63) is 71.9 Å². The lowest BCUT2D eigenvalue weighted by Gasteiger charge is -2.31. The standard InChI is InChI=1S/C24H28N4O/c1-3-18-9-11-19(12-10-18)23-22(17-28(26-23)21-7-5-4-6-8-21)24(29)27-15-13-20(25-2)14-16-27/h4-12,17,20,25H,3,13-16H2,1-2H3. The highest BCUT2D eigenvalue weighted by Gasteiger charge is 2.27. The number of carbonyl (C=O) groups is 1. The molecular formula is C24H28N4O. The Morgan fingerprint density at radius 3 is 2.38 bits per heavy atom. The fraction of sp³-hybridized carbons (Fsp3) is 0.333. The first-order valence-electron chi connectivity index (χ1n) is 10.4. The van der Waals surface area contributed by atoms with Crippen LogP contribution in [0.4, 0.5) is 0 Å². The quantitative estimate of drug-likeness (QED) is 0.721. The third-order valence-corrected chi connectivity index (χ3v) is 5.79. The Balaban J connectivity index is 1.70. The number of carbonyl (C=O) groups excluding carboxylic acids is 1. The minimum Gasteiger partial charge on any atom is -0.338 e. The van der Waals surface area contributed by atoms with Crippen molar-refractivity contribution in [2.24, 2.45) is 0 Å². The van der Waals surface area contributed by atoms with Gasteiger partial charge in [0.2, 0.25) is 0 Å². The summed E-state index contributed by atoms with van der Waals surface area (Å²) in [5.41, 5.74) is 4.62. The van der Waals surface area contributed by atoms with Crippen molar-refractivity contribution in [2.45, 2.75) is 32.2 Å². The number of hydrogen-bond donors (Lipinski definition) is 1. The number of amides is 1. The second-order valence-corrected chi connectivity index (χ2v) is 7.58. The van der Waals surface area contributed by atoms with Gasteiger partial charge in [-0.2, -0.15) is 5.10 Å². The largest absolute Gasteiger partial charge is 0.338 e. The van der Waals surface area contributed by atoms with E-state index in [2.05, 4.69) is 36.5 Å². The summed E-state index contributed by atoms with van der Waals surface area (Å²) in [4.78, 5) is 15.4. The smallest absolute Gasteiger partial charge is 0.257 e. The molecule has 1 fully saturated rings. The average molecular weight is 389 g/mol. The molecule has 5 heteroatoms. The molecule has 0 unspecified atom stereocenters. The predicted octanol–water partition coefficient (Wildman–Crippen LogP) is 3.93. The second-order valence-electron chi connectivity index (χ2n) is 7.58. The van der Waals surface area contributed by atoms with Crippen molar-refractivity contribution in [3.63, 3.8) is 0 Å². The van der Waals surface area contributed by atoms with Crippen molar-refractivity contribution in [2.75, 3.05) is 20.1 Å². The molecule has 2 heterocycles. The molecule has 29 heavy (non-hydrogen) atoms. The summed E-state index contributed by atoms with van der Waals surface area (Å²) in [6.07, 6.45) is 4.83. The van der Waals surface area contributed by atoms with Gasteiger partial charge in [0.1, 0.15) is 5.69 Å². The van der Waals surface area contributed by atoms with Gasteiger partial charge in [0.25, 0.3) is 5.91 Å². The molecule has 0 bridgehead atoms. The van der Waals surface area contributed by atoms with Gasteiger partial charge in [0, 0.05) is 30.9 Å². The molecule has 1 N–H and O–H groups in total. The fourth-order valence-electron chi connectivity index (χ4n) is 3.90. The summed E-state index contributed by atoms with van der Waals surface area (Å²) < 4.78 is 1.82. The Morgan fingerprint density at radius 1 is 1.07 bits per heavy atom. The van der Waals surface area contributed by atoms with E-state index in [-0.39, 0.29) is 5.91 Å². The molecule has 150 valence electrons. The third kappa shape index (κ3) is 4.10. The minimum atomic E-state index is 0.0660. The van der Waals surface area contributed by atoms with Crippen LogP contribution in [0.5, 0.6) is 0 Å². The lowest BCUT2D eigenvalue weighted by Crippen LogP contribution is -2.44. The van der Waals surface area contributed by atoms with Crippen molar-refractivity contribution >= 4 is 5.91 Å². The molecule has 5 nitrogen and oxygen atoms in total. The van der Waals surface area contributed by atoms with E-state index in [4.69, 9.17) is 5.10 Å². The van der Waals surface area contributed by atoms with Gasteiger partial charge in [-0.3, -0.25) is 4.79 Å². The average Bonchev–Trinajstić information content (AvgIpc) is 3.25. The highest BCUT2D eigenvalue weighted by molar-refractivity contribution is 6.00. The Labute approximate surface area is 172 Å². The van der Waals surface area contributed by atoms with Crippen LogP contribution in [0.25, 0.3) is 16.9 Å². The van der Waals surface area contributed by atoms with E-state index >= 15 is 0 Å². The van der Waals surface area contributed by atoms with Gasteiger partial charge in [0.15, 0.2) is 0 Å². The molecule has 0 aliphatic carbocycles. The second kappa shape index (κ2) is 8.62. The number of hydrogen-bond acceptors (Lipinski definition) is 3. The monoisotopic (exact) mass is 388 g/mol. The summed E-state index contributed by atoms with van der Waals surface area (Å²) in [6.45, 7) is 3.69. The lowest BCUT2D eigenvalue weighted by molar-refractivity contribution is 0.0708. The summed E-state index contributed by atoms with van der Waals surface area (Å²) >= 11 is 0. The number of benzene rings is 2. The van der Waals surface area contributed by atoms with Crippen LogP contribution < -0.4 is 5.32 Å². The van der Waals surface area contributed by atoms with Gasteiger partial charge < -0.3 is 10.2 Å². The van der Waals surface area contributed by atoms with Crippen LogP contribution in [-0.2, 0) is 6.42 Å². The normalized spacial score (nSPS) is 14.9. The van der Waals surface area contributed by atoms with Crippen LogP contribution in [0.15, 0.2) is 60.8 Å². The lowest BCUT2D eigenvalue weighted by atomic mass is 10.0. The first-order valence-corrected chi connectivity index (χ1v) is 10.4. The number of aromatic nitrogens is 2. The zero-order valence-electron chi connectivity index (χ0n) is 17.1. The Hall–Kier alpha value is -2.92. The first kappa shape index (κ1) is 19.4. The van der Waals surface area contributed by atoms with Gasteiger partial charge in [-0.1, -0.05) is 49.4 Å². The molecule has 1 saturated heterocycles. The van der Waals surface area contributed by atoms with Crippen molar-refractivity contribution in [3.8, 4) is 16.9 Å². The molecule has 0 saturated carbocycles. The number of nitrogens with one attached hydrogen (secondary N) is 1. The topological polar surface area (TPSA) is 50.2 Å². The molecule has 1 amide bonds. The van der Waals surface area contributed by atoms with E-state index in [1.54, 1.807) is 0 Å². The van der Waals surface area contributed by atoms with E-state index < -0.39 is 0 Å². The molecule has 0 radical (unpaired) electrons. The van der Waals surface area contributed by atoms with Crippen LogP contribution in [0.2, 0.25) is 0 Å². The molecule has 0 atom stereocenters. The molecule has 1 aliphatic rings. The summed E-state index contributed by atoms with van der Waals surface area (Å²) in [5.74, 6) is 0.0660. The van der Waals surface area contributed by atoms with Crippen LogP contribution in [0.1, 0.15) is 35.7 Å². The molecule has 4 rings (SSSR count). The Morgan fingerprint density at radius 2 is 1.76 bits per heavy atom. The predicted molar refractivity (Wildman–Crippen MR) is 116 cm³/mol. The van der Waals surface area contributed by atoms with Gasteiger partial charge in [0.05, 0.1) is 11.3 Å². The zero-order chi connectivity index (χ0) is 20.2. The number of nitrogens with zero attached hydrogens (tertiary/aromatic N) is 3. The number of likely N-dealkylation sites (tertiary alicyclic amines) is 1. The molecule has 2 aromatic carbocycles. The van der Waals surface area contributed by atoms with E-state index in [9.17, 15) is 4.79 Å². The molecule has 0 spiro atoms. The van der Waals surface area contributed by atoms with Gasteiger partial charge >= 0.3 is 0 Å². The molecule has 3 aromatic rings. The van der Waals surface area contributed by atoms with E-state index in [0.717, 1.165) is 49.3 Å². The van der Waals surface area contributed by atoms with Crippen LogP contribution >= 0.6 is 0 Å². The van der Waals surface area contributed by atoms with E-state index in [1.165, 1.54) is 5.56 Å². The summed E-state index contributed by atoms with van der Waals surface area (Å²) in [7, 11) is 1.99. The first-order chi connectivity index (χ1) is 14.2. The van der Waals surface area contributed by atoms with Crippen LogP contribution in [0.3, 0.4) is 0 Å². The summed E-state index contributed by atoms with van der Waals surface area (Å²) in [5, 5.41) is 8.13. The third-order valence-electron chi connectivity index (χ3n) is 5.79. The zero-order valence-corrected chi connectivity index (χ0v) is 17.1. The van der Waals surface area contributed by atoms with Crippen molar-refractivity contribution in [1.29, 1.82) is 0 Å². The Bertz CT molecular complexity index is 954. The molecule has 1 aromatic heterocycles. The number of piperidine rings is 1. The van der Waals surface area contributed by atoms with E-state index in [1.807, 2.05) is 53.2 Å². The van der Waals surface area contributed by atoms with Crippen LogP contribution in [-0.4, -0.2) is 46.8 Å². The van der Waals surface area contributed by atoms with Gasteiger partial charge in [-0.05, 0) is 44.0 Å².